The van der Waals surface area contributed by atoms with E-state index in [4.69, 9.17) is 0 Å². The molecule has 0 unspecified atom stereocenters. The number of pyridine rings is 1. The van der Waals surface area contributed by atoms with Crippen molar-refractivity contribution in [2.45, 2.75) is 45.1 Å². The molecule has 18 heavy (non-hydrogen) atoms. The molecule has 0 saturated heterocycles. The maximum Gasteiger partial charge on any atom is 0.258 e. The highest BCUT2D eigenvalue weighted by molar-refractivity contribution is 5.94. The van der Waals surface area contributed by atoms with Crippen molar-refractivity contribution in [2.24, 2.45) is 0 Å². The van der Waals surface area contributed by atoms with Gasteiger partial charge in [-0.25, -0.2) is 4.98 Å². The summed E-state index contributed by atoms with van der Waals surface area (Å²) in [6.45, 7) is 2.57. The monoisotopic (exact) mass is 250 g/mol. The van der Waals surface area contributed by atoms with Gasteiger partial charge in [0.2, 0.25) is 5.95 Å². The topological polar surface area (TPSA) is 33.2 Å². The van der Waals surface area contributed by atoms with E-state index in [2.05, 4.69) is 4.98 Å². The maximum atomic E-state index is 13.5. The van der Waals surface area contributed by atoms with Crippen LogP contribution in [0, 0.1) is 5.95 Å². The zero-order valence-electron chi connectivity index (χ0n) is 10.7. The number of carbonyl (C=O) groups excluding carboxylic acids is 1. The normalized spacial score (nSPS) is 16.6. The van der Waals surface area contributed by atoms with Gasteiger partial charge in [-0.05, 0) is 31.9 Å². The molecule has 98 valence electrons. The summed E-state index contributed by atoms with van der Waals surface area (Å²) < 4.78 is 13.5. The van der Waals surface area contributed by atoms with Crippen molar-refractivity contribution in [1.82, 2.24) is 9.88 Å². The van der Waals surface area contributed by atoms with Crippen LogP contribution in [0.3, 0.4) is 0 Å². The first kappa shape index (κ1) is 13.0. The zero-order chi connectivity index (χ0) is 13.0. The summed E-state index contributed by atoms with van der Waals surface area (Å²) >= 11 is 0. The molecule has 1 aliphatic rings. The fourth-order valence-corrected chi connectivity index (χ4v) is 2.66. The van der Waals surface area contributed by atoms with E-state index in [0.717, 1.165) is 25.7 Å². The highest BCUT2D eigenvalue weighted by atomic mass is 19.1. The molecule has 1 saturated carbocycles. The third-order valence-electron chi connectivity index (χ3n) is 3.61. The molecule has 1 aromatic heterocycles. The van der Waals surface area contributed by atoms with Crippen molar-refractivity contribution >= 4 is 5.91 Å². The largest absolute Gasteiger partial charge is 0.336 e. The van der Waals surface area contributed by atoms with Crippen LogP contribution in [0.25, 0.3) is 0 Å². The van der Waals surface area contributed by atoms with Crippen LogP contribution in [0.1, 0.15) is 49.4 Å². The minimum atomic E-state index is -0.670. The van der Waals surface area contributed by atoms with Gasteiger partial charge in [-0.15, -0.1) is 0 Å². The minimum Gasteiger partial charge on any atom is -0.336 e. The summed E-state index contributed by atoms with van der Waals surface area (Å²) in [5.41, 5.74) is 0.0879. The number of nitrogens with zero attached hydrogens (tertiary/aromatic N) is 2. The first-order valence-electron chi connectivity index (χ1n) is 6.65. The predicted molar refractivity (Wildman–Crippen MR) is 67.8 cm³/mol. The lowest BCUT2D eigenvalue weighted by atomic mass is 9.94. The van der Waals surface area contributed by atoms with Crippen molar-refractivity contribution in [3.63, 3.8) is 0 Å². The van der Waals surface area contributed by atoms with E-state index >= 15 is 0 Å². The van der Waals surface area contributed by atoms with Gasteiger partial charge in [-0.3, -0.25) is 4.79 Å². The summed E-state index contributed by atoms with van der Waals surface area (Å²) in [5, 5.41) is 0. The predicted octanol–water partition coefficient (Wildman–Crippen LogP) is 3.02. The van der Waals surface area contributed by atoms with E-state index in [1.165, 1.54) is 18.7 Å². The molecule has 4 heteroatoms. The Morgan fingerprint density at radius 3 is 2.78 bits per heavy atom. The molecule has 0 aliphatic heterocycles. The third kappa shape index (κ3) is 2.68. The number of carbonyl (C=O) groups is 1. The highest BCUT2D eigenvalue weighted by Crippen LogP contribution is 2.24. The van der Waals surface area contributed by atoms with E-state index in [1.807, 2.05) is 6.92 Å². The van der Waals surface area contributed by atoms with Gasteiger partial charge >= 0.3 is 0 Å². The van der Waals surface area contributed by atoms with Crippen LogP contribution in [0.15, 0.2) is 18.3 Å². The fourth-order valence-electron chi connectivity index (χ4n) is 2.66. The Labute approximate surface area is 107 Å². The Hall–Kier alpha value is -1.45. The van der Waals surface area contributed by atoms with Gasteiger partial charge < -0.3 is 4.90 Å². The smallest absolute Gasteiger partial charge is 0.258 e. The van der Waals surface area contributed by atoms with Crippen LogP contribution in [0.2, 0.25) is 0 Å². The van der Waals surface area contributed by atoms with E-state index in [1.54, 1.807) is 11.0 Å². The van der Waals surface area contributed by atoms with Gasteiger partial charge in [0.25, 0.3) is 5.91 Å². The van der Waals surface area contributed by atoms with E-state index in [0.29, 0.717) is 6.54 Å². The van der Waals surface area contributed by atoms with E-state index < -0.39 is 5.95 Å². The van der Waals surface area contributed by atoms with E-state index in [9.17, 15) is 9.18 Å². The highest BCUT2D eigenvalue weighted by Gasteiger charge is 2.26. The van der Waals surface area contributed by atoms with Crippen molar-refractivity contribution < 1.29 is 9.18 Å². The van der Waals surface area contributed by atoms with Crippen LogP contribution in [-0.2, 0) is 0 Å². The first-order valence-corrected chi connectivity index (χ1v) is 6.65. The second kappa shape index (κ2) is 5.94. The SMILES string of the molecule is CCN(C(=O)c1cccnc1F)C1CCCCC1. The van der Waals surface area contributed by atoms with Gasteiger partial charge in [-0.2, -0.15) is 4.39 Å². The summed E-state index contributed by atoms with van der Waals surface area (Å²) in [4.78, 5) is 17.7. The number of rotatable bonds is 3. The average Bonchev–Trinajstić information content (AvgIpc) is 2.41. The Morgan fingerprint density at radius 1 is 1.44 bits per heavy atom. The van der Waals surface area contributed by atoms with Crippen molar-refractivity contribution in [3.8, 4) is 0 Å². The van der Waals surface area contributed by atoms with Crippen LogP contribution >= 0.6 is 0 Å². The summed E-state index contributed by atoms with van der Waals surface area (Å²) in [7, 11) is 0. The van der Waals surface area contributed by atoms with E-state index in [-0.39, 0.29) is 17.5 Å². The number of amides is 1. The van der Waals surface area contributed by atoms with Gasteiger partial charge in [-0.1, -0.05) is 19.3 Å². The fraction of sp³-hybridized carbons (Fsp3) is 0.571. The minimum absolute atomic E-state index is 0.0879. The van der Waals surface area contributed by atoms with Gasteiger partial charge in [0.05, 0.1) is 5.56 Å². The third-order valence-corrected chi connectivity index (χ3v) is 3.61. The Balaban J connectivity index is 2.17. The van der Waals surface area contributed by atoms with Gasteiger partial charge in [0.1, 0.15) is 0 Å². The number of hydrogen-bond donors (Lipinski definition) is 0. The average molecular weight is 250 g/mol. The number of hydrogen-bond acceptors (Lipinski definition) is 2. The number of halogens is 1. The summed E-state index contributed by atoms with van der Waals surface area (Å²) in [5.74, 6) is -0.897. The van der Waals surface area contributed by atoms with Gasteiger partial charge in [0.15, 0.2) is 0 Å². The molecule has 1 amide bonds. The van der Waals surface area contributed by atoms with Crippen LogP contribution < -0.4 is 0 Å². The lowest BCUT2D eigenvalue weighted by molar-refractivity contribution is 0.0642. The second-order valence-corrected chi connectivity index (χ2v) is 4.72. The van der Waals surface area contributed by atoms with Crippen molar-refractivity contribution in [3.05, 3.63) is 29.8 Å². The lowest BCUT2D eigenvalue weighted by Crippen LogP contribution is -2.41. The molecule has 1 aliphatic carbocycles. The Bertz CT molecular complexity index is 416. The quantitative estimate of drug-likeness (QED) is 0.773. The molecule has 0 radical (unpaired) electrons. The molecule has 0 atom stereocenters. The molecule has 1 heterocycles. The molecular weight excluding hydrogens is 231 g/mol. The Morgan fingerprint density at radius 2 is 2.17 bits per heavy atom. The molecular formula is C14H19FN2O. The van der Waals surface area contributed by atoms with Gasteiger partial charge in [0, 0.05) is 18.8 Å². The molecule has 1 aromatic rings. The molecule has 1 fully saturated rings. The summed E-state index contributed by atoms with van der Waals surface area (Å²) in [6, 6.07) is 3.37. The lowest BCUT2D eigenvalue weighted by Gasteiger charge is -2.33. The molecule has 0 N–H and O–H groups in total. The second-order valence-electron chi connectivity index (χ2n) is 4.72. The molecule has 3 nitrogen and oxygen atoms in total. The van der Waals surface area contributed by atoms with Crippen molar-refractivity contribution in [1.29, 1.82) is 0 Å². The maximum absolute atomic E-state index is 13.5. The summed E-state index contributed by atoms with van der Waals surface area (Å²) in [6.07, 6.45) is 6.98. The Kier molecular flexibility index (Phi) is 4.28. The van der Waals surface area contributed by atoms with Crippen molar-refractivity contribution in [2.75, 3.05) is 6.54 Å². The van der Waals surface area contributed by atoms with Crippen LogP contribution in [-0.4, -0.2) is 28.4 Å². The first-order chi connectivity index (χ1) is 8.74. The standard InChI is InChI=1S/C14H19FN2O/c1-2-17(11-7-4-3-5-8-11)14(18)12-9-6-10-16-13(12)15/h6,9-11H,2-5,7-8H2,1H3. The molecule has 0 bridgehead atoms. The van der Waals surface area contributed by atoms with Crippen LogP contribution in [0.5, 0.6) is 0 Å². The zero-order valence-corrected chi connectivity index (χ0v) is 10.7. The van der Waals surface area contributed by atoms with Crippen LogP contribution in [0.4, 0.5) is 4.39 Å². The molecule has 0 spiro atoms. The molecule has 2 rings (SSSR count). The molecule has 0 aromatic carbocycles. The number of aromatic nitrogens is 1.